The van der Waals surface area contributed by atoms with E-state index in [1.807, 2.05) is 58.9 Å². The van der Waals surface area contributed by atoms with Crippen molar-refractivity contribution >= 4 is 13.3 Å². The zero-order valence-corrected chi connectivity index (χ0v) is 16.8. The summed E-state index contributed by atoms with van der Waals surface area (Å²) in [5, 5.41) is 3.26. The highest BCUT2D eigenvalue weighted by molar-refractivity contribution is 7.54. The first-order chi connectivity index (χ1) is 12.2. The van der Waals surface area contributed by atoms with Gasteiger partial charge < -0.3 is 14.4 Å². The summed E-state index contributed by atoms with van der Waals surface area (Å²) < 4.78 is 38.6. The fourth-order valence-corrected chi connectivity index (χ4v) is 4.84. The molecule has 2 rings (SSSR count). The fraction of sp³-hybridized carbons (Fsp3) is 0.400. The van der Waals surface area contributed by atoms with E-state index >= 15 is 0 Å². The summed E-state index contributed by atoms with van der Waals surface area (Å²) in [4.78, 5) is 0. The first kappa shape index (κ1) is 20.6. The molecule has 0 amide bonds. The standard InChI is InChI=1S/C20H27FNO3P/c1-14(2)24-26(23,25-15(3)4)20(17-8-10-18(21)11-9-17)22-19-12-6-16(5)7-13-19/h6-15,20,22H,1-5H3. The highest BCUT2D eigenvalue weighted by atomic mass is 31.2. The van der Waals surface area contributed by atoms with Crippen LogP contribution in [0, 0.1) is 12.7 Å². The summed E-state index contributed by atoms with van der Waals surface area (Å²) in [5.41, 5.74) is 2.54. The molecule has 142 valence electrons. The van der Waals surface area contributed by atoms with Crippen LogP contribution in [-0.4, -0.2) is 12.2 Å². The van der Waals surface area contributed by atoms with E-state index in [1.165, 1.54) is 12.1 Å². The van der Waals surface area contributed by atoms with Crippen molar-refractivity contribution in [2.24, 2.45) is 0 Å². The maximum atomic E-state index is 13.7. The Labute approximate surface area is 155 Å². The molecule has 0 aliphatic heterocycles. The second-order valence-corrected chi connectivity index (χ2v) is 8.83. The van der Waals surface area contributed by atoms with Gasteiger partial charge in [0.05, 0.1) is 12.2 Å². The SMILES string of the molecule is Cc1ccc(NC(c2ccc(F)cc2)P(=O)(OC(C)C)OC(C)C)cc1. The molecule has 26 heavy (non-hydrogen) atoms. The van der Waals surface area contributed by atoms with Gasteiger partial charge in [0.15, 0.2) is 5.78 Å². The third kappa shape index (κ3) is 5.66. The van der Waals surface area contributed by atoms with Crippen molar-refractivity contribution in [3.8, 4) is 0 Å². The van der Waals surface area contributed by atoms with Crippen LogP contribution in [0.25, 0.3) is 0 Å². The van der Waals surface area contributed by atoms with Gasteiger partial charge in [-0.25, -0.2) is 4.39 Å². The molecule has 6 heteroatoms. The molecular formula is C20H27FNO3P. The molecule has 0 saturated carbocycles. The zero-order chi connectivity index (χ0) is 19.3. The number of hydrogen-bond donors (Lipinski definition) is 1. The third-order valence-corrected chi connectivity index (χ3v) is 6.06. The predicted octanol–water partition coefficient (Wildman–Crippen LogP) is 6.29. The van der Waals surface area contributed by atoms with Crippen LogP contribution in [0.3, 0.4) is 0 Å². The molecule has 0 spiro atoms. The number of nitrogens with one attached hydrogen (secondary N) is 1. The molecule has 1 N–H and O–H groups in total. The lowest BCUT2D eigenvalue weighted by molar-refractivity contribution is 0.138. The number of anilines is 1. The normalized spacial score (nSPS) is 13.2. The molecule has 2 aromatic rings. The van der Waals surface area contributed by atoms with Gasteiger partial charge in [0.25, 0.3) is 0 Å². The molecule has 0 aliphatic rings. The van der Waals surface area contributed by atoms with Gasteiger partial charge in [-0.15, -0.1) is 0 Å². The largest absolute Gasteiger partial charge is 0.368 e. The van der Waals surface area contributed by atoms with Crippen LogP contribution in [0.1, 0.15) is 44.6 Å². The second-order valence-electron chi connectivity index (χ2n) is 6.81. The summed E-state index contributed by atoms with van der Waals surface area (Å²) in [6.45, 7) is 9.23. The average Bonchev–Trinajstić information content (AvgIpc) is 2.53. The van der Waals surface area contributed by atoms with Crippen LogP contribution in [-0.2, 0) is 13.6 Å². The Morgan fingerprint density at radius 1 is 0.885 bits per heavy atom. The summed E-state index contributed by atoms with van der Waals surface area (Å²) >= 11 is 0. The summed E-state index contributed by atoms with van der Waals surface area (Å²) in [5.74, 6) is -1.11. The Morgan fingerprint density at radius 2 is 1.38 bits per heavy atom. The van der Waals surface area contributed by atoms with Crippen LogP contribution < -0.4 is 5.32 Å². The Hall–Kier alpha value is -1.68. The third-order valence-electron chi connectivity index (χ3n) is 3.57. The van der Waals surface area contributed by atoms with Crippen molar-refractivity contribution in [2.75, 3.05) is 5.32 Å². The van der Waals surface area contributed by atoms with Gasteiger partial charge in [0, 0.05) is 5.69 Å². The topological polar surface area (TPSA) is 47.6 Å². The Balaban J connectivity index is 2.47. The predicted molar refractivity (Wildman–Crippen MR) is 104 cm³/mol. The number of halogens is 1. The van der Waals surface area contributed by atoms with Crippen LogP contribution in [0.4, 0.5) is 10.1 Å². The second kappa shape index (κ2) is 8.81. The minimum atomic E-state index is -3.59. The van der Waals surface area contributed by atoms with Crippen molar-refractivity contribution < 1.29 is 18.0 Å². The summed E-state index contributed by atoms with van der Waals surface area (Å²) in [6.07, 6.45) is -0.579. The summed E-state index contributed by atoms with van der Waals surface area (Å²) in [6, 6.07) is 13.6. The van der Waals surface area contributed by atoms with E-state index < -0.39 is 13.4 Å². The maximum Gasteiger partial charge on any atom is 0.357 e. The van der Waals surface area contributed by atoms with Crippen molar-refractivity contribution in [3.63, 3.8) is 0 Å². The highest BCUT2D eigenvalue weighted by Gasteiger charge is 2.39. The van der Waals surface area contributed by atoms with Crippen molar-refractivity contribution in [1.29, 1.82) is 0 Å². The Morgan fingerprint density at radius 3 is 1.85 bits per heavy atom. The molecule has 2 aromatic carbocycles. The average molecular weight is 379 g/mol. The van der Waals surface area contributed by atoms with E-state index in [0.717, 1.165) is 11.3 Å². The molecule has 0 heterocycles. The minimum absolute atomic E-state index is 0.289. The monoisotopic (exact) mass is 379 g/mol. The van der Waals surface area contributed by atoms with E-state index in [2.05, 4.69) is 5.32 Å². The Bertz CT molecular complexity index is 731. The van der Waals surface area contributed by atoms with Gasteiger partial charge in [0.2, 0.25) is 0 Å². The van der Waals surface area contributed by atoms with Gasteiger partial charge in [0.1, 0.15) is 5.82 Å². The smallest absolute Gasteiger partial charge is 0.357 e. The van der Waals surface area contributed by atoms with Crippen LogP contribution in [0.15, 0.2) is 48.5 Å². The lowest BCUT2D eigenvalue weighted by Gasteiger charge is -2.31. The van der Waals surface area contributed by atoms with E-state index in [-0.39, 0.29) is 18.0 Å². The van der Waals surface area contributed by atoms with Gasteiger partial charge in [-0.1, -0.05) is 29.8 Å². The molecule has 0 radical (unpaired) electrons. The number of benzene rings is 2. The van der Waals surface area contributed by atoms with Gasteiger partial charge in [-0.3, -0.25) is 4.57 Å². The van der Waals surface area contributed by atoms with Gasteiger partial charge in [-0.2, -0.15) is 0 Å². The van der Waals surface area contributed by atoms with E-state index in [9.17, 15) is 8.96 Å². The van der Waals surface area contributed by atoms with E-state index in [0.29, 0.717) is 5.56 Å². The molecule has 1 atom stereocenters. The molecule has 0 aromatic heterocycles. The van der Waals surface area contributed by atoms with Crippen LogP contribution in [0.2, 0.25) is 0 Å². The quantitative estimate of drug-likeness (QED) is 0.548. The number of aryl methyl sites for hydroxylation is 1. The molecule has 1 unspecified atom stereocenters. The molecular weight excluding hydrogens is 352 g/mol. The van der Waals surface area contributed by atoms with Crippen molar-refractivity contribution in [1.82, 2.24) is 0 Å². The van der Waals surface area contributed by atoms with Crippen molar-refractivity contribution in [2.45, 2.75) is 52.6 Å². The van der Waals surface area contributed by atoms with Crippen molar-refractivity contribution in [3.05, 3.63) is 65.5 Å². The lowest BCUT2D eigenvalue weighted by Crippen LogP contribution is -2.19. The minimum Gasteiger partial charge on any atom is -0.368 e. The molecule has 0 fully saturated rings. The first-order valence-corrected chi connectivity index (χ1v) is 10.4. The first-order valence-electron chi connectivity index (χ1n) is 8.75. The highest BCUT2D eigenvalue weighted by Crippen LogP contribution is 2.62. The summed E-state index contributed by atoms with van der Waals surface area (Å²) in [7, 11) is -3.59. The Kier molecular flexibility index (Phi) is 6.99. The van der Waals surface area contributed by atoms with Crippen LogP contribution >= 0.6 is 7.60 Å². The fourth-order valence-electron chi connectivity index (χ4n) is 2.53. The van der Waals surface area contributed by atoms with E-state index in [4.69, 9.17) is 9.05 Å². The molecule has 4 nitrogen and oxygen atoms in total. The lowest BCUT2D eigenvalue weighted by atomic mass is 10.2. The van der Waals surface area contributed by atoms with Crippen LogP contribution in [0.5, 0.6) is 0 Å². The number of rotatable bonds is 8. The molecule has 0 aliphatic carbocycles. The zero-order valence-electron chi connectivity index (χ0n) is 15.9. The van der Waals surface area contributed by atoms with E-state index in [1.54, 1.807) is 12.1 Å². The number of hydrogen-bond acceptors (Lipinski definition) is 4. The van der Waals surface area contributed by atoms with Gasteiger partial charge in [-0.05, 0) is 64.4 Å². The van der Waals surface area contributed by atoms with Gasteiger partial charge >= 0.3 is 7.60 Å². The maximum absolute atomic E-state index is 13.7. The molecule has 0 saturated heterocycles. The molecule has 0 bridgehead atoms.